The lowest BCUT2D eigenvalue weighted by Gasteiger charge is -2.58. The largest absolute Gasteiger partial charge is 0.462 e. The van der Waals surface area contributed by atoms with Crippen LogP contribution in [0.5, 0.6) is 0 Å². The quantitative estimate of drug-likeness (QED) is 0.0377. The van der Waals surface area contributed by atoms with Crippen LogP contribution in [0, 0.1) is 52.3 Å². The molecule has 0 spiro atoms. The molecule has 6 heteroatoms. The number of ether oxygens (including phenoxy) is 2. The van der Waals surface area contributed by atoms with Gasteiger partial charge in [0.05, 0.1) is 0 Å². The average molecular weight is 965 g/mol. The van der Waals surface area contributed by atoms with E-state index in [2.05, 4.69) is 78.5 Å². The van der Waals surface area contributed by atoms with Crippen molar-refractivity contribution in [3.8, 4) is 0 Å². The van der Waals surface area contributed by atoms with Crippen molar-refractivity contribution in [2.24, 2.45) is 52.3 Å². The molecule has 3 saturated carbocycles. The summed E-state index contributed by atoms with van der Waals surface area (Å²) in [5.41, 5.74) is 2.33. The molecule has 0 aromatic rings. The van der Waals surface area contributed by atoms with Gasteiger partial charge in [-0.05, 0) is 187 Å². The molecule has 400 valence electrons. The van der Waals surface area contributed by atoms with Gasteiger partial charge in [0.2, 0.25) is 0 Å². The Labute approximate surface area is 427 Å². The number of allylic oxidation sites excluding steroid dienone is 3. The molecule has 0 amide bonds. The first-order chi connectivity index (χ1) is 33.4. The van der Waals surface area contributed by atoms with Gasteiger partial charge in [0, 0.05) is 25.9 Å². The van der Waals surface area contributed by atoms with E-state index >= 15 is 0 Å². The average Bonchev–Trinajstić information content (AvgIpc) is 3.69. The molecule has 0 radical (unpaired) electrons. The summed E-state index contributed by atoms with van der Waals surface area (Å²) in [4.78, 5) is 28.7. The number of rotatable bonds is 38. The molecule has 9 unspecified atom stereocenters. The second-order valence-corrected chi connectivity index (χ2v) is 24.4. The number of carbonyl (C=O) groups excluding carboxylic acids is 2. The molecule has 4 aliphatic carbocycles. The Morgan fingerprint density at radius 3 is 1.88 bits per heavy atom. The normalized spacial score (nSPS) is 26.6. The Hall–Kier alpha value is -1.66. The summed E-state index contributed by atoms with van der Waals surface area (Å²) in [6.45, 7) is 22.8. The number of aliphatic hydroxyl groups excluding tert-OH is 1. The molecule has 69 heavy (non-hydrogen) atoms. The first-order valence-corrected chi connectivity index (χ1v) is 30.5. The molecule has 0 saturated heterocycles. The Bertz CT molecular complexity index is 1440. The van der Waals surface area contributed by atoms with Gasteiger partial charge in [0.1, 0.15) is 12.2 Å². The minimum atomic E-state index is -0.0000424. The highest BCUT2D eigenvalue weighted by Gasteiger charge is 2.59. The van der Waals surface area contributed by atoms with Gasteiger partial charge in [-0.2, -0.15) is 0 Å². The molecule has 0 aromatic carbocycles. The number of nitrogens with zero attached hydrogens (tertiary/aromatic N) is 1. The summed E-state index contributed by atoms with van der Waals surface area (Å²) in [5, 5.41) is 9.45. The van der Waals surface area contributed by atoms with Crippen molar-refractivity contribution in [3.05, 3.63) is 23.8 Å². The topological polar surface area (TPSA) is 76.1 Å². The van der Waals surface area contributed by atoms with Crippen LogP contribution in [0.2, 0.25) is 0 Å². The van der Waals surface area contributed by atoms with Gasteiger partial charge < -0.3 is 19.5 Å². The number of unbranched alkanes of at least 4 members (excludes halogenated alkanes) is 16. The van der Waals surface area contributed by atoms with E-state index in [4.69, 9.17) is 9.47 Å². The SMILES string of the molecule is CCCCCCCCC(CCCCCCCC)OC(=O)CCCCCCN(CCCCO)CCCCCC(=O)OC1CCC2(C)C(=CCC3C2CCC2(C)C(C(C)/C=C/C(CC)C(C)C)CCC32)C1. The Morgan fingerprint density at radius 1 is 0.681 bits per heavy atom. The van der Waals surface area contributed by atoms with Gasteiger partial charge in [-0.1, -0.05) is 163 Å². The summed E-state index contributed by atoms with van der Waals surface area (Å²) in [6, 6.07) is 0. The maximum atomic E-state index is 13.2. The minimum absolute atomic E-state index is 0.0000424. The second-order valence-electron chi connectivity index (χ2n) is 24.4. The third kappa shape index (κ3) is 19.9. The van der Waals surface area contributed by atoms with Crippen LogP contribution in [0.3, 0.4) is 0 Å². The molecule has 0 aliphatic heterocycles. The van der Waals surface area contributed by atoms with E-state index in [0.29, 0.717) is 36.0 Å². The summed E-state index contributed by atoms with van der Waals surface area (Å²) < 4.78 is 12.3. The number of aliphatic hydroxyl groups is 1. The highest BCUT2D eigenvalue weighted by molar-refractivity contribution is 5.69. The standard InChI is InChI=1S/C63H113NO5/c1-9-12-14-16-18-23-31-54(32-24-19-17-15-13-10-2)68-60(66)33-25-20-21-27-45-64(47-29-30-48-65)46-28-22-26-34-61(67)69-55-41-43-62(7)53(49-55)37-38-56-58-40-39-57(63(58,8)44-42-59(56)62)51(6)35-36-52(11-3)50(4)5/h35-37,50-52,54-59,65H,9-34,38-49H2,1-8H3/b36-35+. The van der Waals surface area contributed by atoms with Gasteiger partial charge in [0.15, 0.2) is 0 Å². The lowest BCUT2D eigenvalue weighted by Crippen LogP contribution is -2.51. The van der Waals surface area contributed by atoms with Crippen LogP contribution >= 0.6 is 0 Å². The number of fused-ring (bicyclic) bond motifs is 5. The van der Waals surface area contributed by atoms with Crippen LogP contribution < -0.4 is 0 Å². The van der Waals surface area contributed by atoms with E-state index in [1.165, 1.54) is 116 Å². The fourth-order valence-electron chi connectivity index (χ4n) is 14.5. The maximum Gasteiger partial charge on any atom is 0.306 e. The molecule has 1 N–H and O–H groups in total. The van der Waals surface area contributed by atoms with Crippen LogP contribution in [0.25, 0.3) is 0 Å². The van der Waals surface area contributed by atoms with Gasteiger partial charge >= 0.3 is 11.9 Å². The van der Waals surface area contributed by atoms with Crippen LogP contribution in [-0.4, -0.2) is 60.4 Å². The van der Waals surface area contributed by atoms with E-state index in [-0.39, 0.29) is 36.2 Å². The van der Waals surface area contributed by atoms with E-state index in [0.717, 1.165) is 133 Å². The highest BCUT2D eigenvalue weighted by Crippen LogP contribution is 2.67. The Balaban J connectivity index is 1.11. The van der Waals surface area contributed by atoms with Crippen molar-refractivity contribution in [2.75, 3.05) is 26.2 Å². The third-order valence-corrected chi connectivity index (χ3v) is 19.0. The fraction of sp³-hybridized carbons (Fsp3) is 0.905. The predicted octanol–water partition coefficient (Wildman–Crippen LogP) is 17.4. The molecule has 6 nitrogen and oxygen atoms in total. The van der Waals surface area contributed by atoms with Crippen LogP contribution in [0.1, 0.15) is 274 Å². The molecular formula is C63H113NO5. The van der Waals surface area contributed by atoms with Crippen molar-refractivity contribution in [1.82, 2.24) is 4.90 Å². The van der Waals surface area contributed by atoms with Gasteiger partial charge in [0.25, 0.3) is 0 Å². The number of hydrogen-bond donors (Lipinski definition) is 1. The molecule has 0 heterocycles. The van der Waals surface area contributed by atoms with Crippen molar-refractivity contribution in [2.45, 2.75) is 286 Å². The first kappa shape index (κ1) is 59.9. The second kappa shape index (κ2) is 33.2. The molecule has 4 rings (SSSR count). The van der Waals surface area contributed by atoms with Crippen LogP contribution in [0.15, 0.2) is 23.8 Å². The molecule has 3 fully saturated rings. The van der Waals surface area contributed by atoms with E-state index in [1.54, 1.807) is 5.57 Å². The monoisotopic (exact) mass is 964 g/mol. The minimum Gasteiger partial charge on any atom is -0.462 e. The number of carbonyl (C=O) groups is 2. The van der Waals surface area contributed by atoms with E-state index in [9.17, 15) is 14.7 Å². The zero-order chi connectivity index (χ0) is 49.9. The van der Waals surface area contributed by atoms with E-state index < -0.39 is 0 Å². The summed E-state index contributed by atoms with van der Waals surface area (Å²) in [6.07, 6.45) is 46.6. The molecule has 0 aromatic heterocycles. The zero-order valence-electron chi connectivity index (χ0n) is 46.8. The Morgan fingerprint density at radius 2 is 1.26 bits per heavy atom. The summed E-state index contributed by atoms with van der Waals surface area (Å²) in [7, 11) is 0. The molecule has 9 atom stereocenters. The van der Waals surface area contributed by atoms with Crippen molar-refractivity contribution in [3.63, 3.8) is 0 Å². The van der Waals surface area contributed by atoms with Gasteiger partial charge in [-0.3, -0.25) is 9.59 Å². The first-order valence-electron chi connectivity index (χ1n) is 30.5. The Kier molecular flexibility index (Phi) is 28.8. The van der Waals surface area contributed by atoms with Crippen LogP contribution in [-0.2, 0) is 19.1 Å². The number of hydrogen-bond acceptors (Lipinski definition) is 6. The highest BCUT2D eigenvalue weighted by atomic mass is 16.5. The van der Waals surface area contributed by atoms with Crippen molar-refractivity contribution in [1.29, 1.82) is 0 Å². The maximum absolute atomic E-state index is 13.2. The van der Waals surface area contributed by atoms with Gasteiger partial charge in [-0.25, -0.2) is 0 Å². The lowest BCUT2D eigenvalue weighted by atomic mass is 9.47. The van der Waals surface area contributed by atoms with Crippen LogP contribution in [0.4, 0.5) is 0 Å². The van der Waals surface area contributed by atoms with Gasteiger partial charge in [-0.15, -0.1) is 0 Å². The summed E-state index contributed by atoms with van der Waals surface area (Å²) in [5.74, 6) is 5.31. The van der Waals surface area contributed by atoms with Crippen molar-refractivity contribution < 1.29 is 24.2 Å². The molecular weight excluding hydrogens is 851 g/mol. The predicted molar refractivity (Wildman–Crippen MR) is 292 cm³/mol. The fourth-order valence-corrected chi connectivity index (χ4v) is 14.5. The summed E-state index contributed by atoms with van der Waals surface area (Å²) >= 11 is 0. The van der Waals surface area contributed by atoms with Crippen molar-refractivity contribution >= 4 is 11.9 Å². The lowest BCUT2D eigenvalue weighted by molar-refractivity contribution is -0.152. The molecule has 0 bridgehead atoms. The molecule has 4 aliphatic rings. The smallest absolute Gasteiger partial charge is 0.306 e. The zero-order valence-corrected chi connectivity index (χ0v) is 46.8. The van der Waals surface area contributed by atoms with E-state index in [1.807, 2.05) is 0 Å². The number of esters is 2. The third-order valence-electron chi connectivity index (χ3n) is 19.0.